The van der Waals surface area contributed by atoms with Crippen molar-refractivity contribution in [2.45, 2.75) is 49.2 Å². The van der Waals surface area contributed by atoms with Gasteiger partial charge in [0.25, 0.3) is 0 Å². The maximum atomic E-state index is 12.7. The van der Waals surface area contributed by atoms with E-state index < -0.39 is 21.8 Å². The molecule has 2 aromatic carbocycles. The van der Waals surface area contributed by atoms with E-state index in [4.69, 9.17) is 0 Å². The van der Waals surface area contributed by atoms with Gasteiger partial charge in [0.2, 0.25) is 10.0 Å². The van der Waals surface area contributed by atoms with Crippen LogP contribution in [0.2, 0.25) is 0 Å². The Balaban J connectivity index is 1.73. The lowest BCUT2D eigenvalue weighted by atomic mass is 9.85. The lowest BCUT2D eigenvalue weighted by Gasteiger charge is -2.27. The topological polar surface area (TPSA) is 63.2 Å². The van der Waals surface area contributed by atoms with Gasteiger partial charge in [-0.15, -0.1) is 0 Å². The van der Waals surface area contributed by atoms with Crippen molar-refractivity contribution in [3.05, 3.63) is 64.7 Å². The summed E-state index contributed by atoms with van der Waals surface area (Å²) in [4.78, 5) is 10.4. The van der Waals surface area contributed by atoms with E-state index in [2.05, 4.69) is 4.72 Å². The Morgan fingerprint density at radius 2 is 1.82 bits per heavy atom. The zero-order valence-corrected chi connectivity index (χ0v) is 15.8. The van der Waals surface area contributed by atoms with E-state index in [0.717, 1.165) is 47.2 Å². The number of hydrogen-bond donors (Lipinski definition) is 1. The standard InChI is InChI=1S/C20H20F3NO3S/c21-20(22,23)16-6-9-18(10-7-16)28(26,27)24-17-8-11-19-14(5-2-12-25)3-1-4-15(19)13-17/h1,3-4,6-7,9-10,12,17,24H,2,5,8,11,13H2. The summed E-state index contributed by atoms with van der Waals surface area (Å²) >= 11 is 0. The third-order valence-electron chi connectivity index (χ3n) is 4.92. The lowest BCUT2D eigenvalue weighted by Crippen LogP contribution is -2.39. The second-order valence-corrected chi connectivity index (χ2v) is 8.56. The number of aryl methyl sites for hydroxylation is 1. The number of fused-ring (bicyclic) bond motifs is 1. The van der Waals surface area contributed by atoms with Crippen molar-refractivity contribution in [3.63, 3.8) is 0 Å². The zero-order valence-electron chi connectivity index (χ0n) is 15.0. The number of hydrogen-bond acceptors (Lipinski definition) is 3. The Morgan fingerprint density at radius 3 is 2.46 bits per heavy atom. The molecule has 1 atom stereocenters. The molecule has 1 aliphatic rings. The molecular weight excluding hydrogens is 391 g/mol. The van der Waals surface area contributed by atoms with E-state index in [1.807, 2.05) is 18.2 Å². The number of nitrogens with one attached hydrogen (secondary N) is 1. The third kappa shape index (κ3) is 4.62. The van der Waals surface area contributed by atoms with E-state index in [1.165, 1.54) is 0 Å². The molecule has 0 amide bonds. The lowest BCUT2D eigenvalue weighted by molar-refractivity contribution is -0.137. The minimum Gasteiger partial charge on any atom is -0.303 e. The number of sulfonamides is 1. The molecule has 8 heteroatoms. The van der Waals surface area contributed by atoms with Crippen molar-refractivity contribution in [1.82, 2.24) is 4.72 Å². The quantitative estimate of drug-likeness (QED) is 0.738. The molecule has 1 N–H and O–H groups in total. The van der Waals surface area contributed by atoms with E-state index in [0.29, 0.717) is 32.1 Å². The van der Waals surface area contributed by atoms with Crippen LogP contribution in [0.4, 0.5) is 13.2 Å². The number of carbonyl (C=O) groups is 1. The number of halogens is 3. The normalized spacial score (nSPS) is 17.2. The van der Waals surface area contributed by atoms with Crippen LogP contribution in [0.3, 0.4) is 0 Å². The summed E-state index contributed by atoms with van der Waals surface area (Å²) in [5.74, 6) is 0. The second kappa shape index (κ2) is 8.05. The van der Waals surface area contributed by atoms with Crippen LogP contribution in [-0.4, -0.2) is 20.7 Å². The van der Waals surface area contributed by atoms with Gasteiger partial charge in [-0.05, 0) is 66.6 Å². The number of alkyl halides is 3. The highest BCUT2D eigenvalue weighted by molar-refractivity contribution is 7.89. The molecule has 0 saturated heterocycles. The van der Waals surface area contributed by atoms with E-state index >= 15 is 0 Å². The Morgan fingerprint density at radius 1 is 1.11 bits per heavy atom. The van der Waals surface area contributed by atoms with Gasteiger partial charge in [0, 0.05) is 12.5 Å². The zero-order chi connectivity index (χ0) is 20.4. The highest BCUT2D eigenvalue weighted by atomic mass is 32.2. The summed E-state index contributed by atoms with van der Waals surface area (Å²) in [5.41, 5.74) is 2.42. The van der Waals surface area contributed by atoms with Gasteiger partial charge in [0.15, 0.2) is 0 Å². The van der Waals surface area contributed by atoms with Crippen molar-refractivity contribution < 1.29 is 26.4 Å². The summed E-state index contributed by atoms with van der Waals surface area (Å²) < 4.78 is 65.7. The molecular formula is C20H20F3NO3S. The number of carbonyl (C=O) groups excluding carboxylic acids is 1. The van der Waals surface area contributed by atoms with Crippen molar-refractivity contribution in [3.8, 4) is 0 Å². The smallest absolute Gasteiger partial charge is 0.303 e. The molecule has 28 heavy (non-hydrogen) atoms. The van der Waals surface area contributed by atoms with Gasteiger partial charge in [0.1, 0.15) is 6.29 Å². The van der Waals surface area contributed by atoms with Gasteiger partial charge in [-0.25, -0.2) is 13.1 Å². The maximum Gasteiger partial charge on any atom is 0.416 e. The molecule has 0 bridgehead atoms. The first-order valence-electron chi connectivity index (χ1n) is 8.93. The molecule has 0 radical (unpaired) electrons. The molecule has 0 aliphatic heterocycles. The minimum atomic E-state index is -4.51. The fourth-order valence-electron chi connectivity index (χ4n) is 3.55. The summed E-state index contributed by atoms with van der Waals surface area (Å²) in [6.45, 7) is 0. The van der Waals surface area contributed by atoms with Crippen molar-refractivity contribution in [1.29, 1.82) is 0 Å². The SMILES string of the molecule is O=CCCc1cccc2c1CCC(NS(=O)(=O)c1ccc(C(F)(F)F)cc1)C2. The van der Waals surface area contributed by atoms with Crippen LogP contribution in [0.15, 0.2) is 47.4 Å². The molecule has 0 fully saturated rings. The van der Waals surface area contributed by atoms with Crippen LogP contribution >= 0.6 is 0 Å². The maximum absolute atomic E-state index is 12.7. The highest BCUT2D eigenvalue weighted by Gasteiger charge is 2.31. The Hall–Kier alpha value is -2.19. The monoisotopic (exact) mass is 411 g/mol. The number of rotatable bonds is 6. The van der Waals surface area contributed by atoms with Crippen LogP contribution in [0.1, 0.15) is 35.1 Å². The van der Waals surface area contributed by atoms with Gasteiger partial charge in [-0.2, -0.15) is 13.2 Å². The van der Waals surface area contributed by atoms with Gasteiger partial charge < -0.3 is 4.79 Å². The molecule has 1 aliphatic carbocycles. The van der Waals surface area contributed by atoms with Crippen LogP contribution in [0.5, 0.6) is 0 Å². The highest BCUT2D eigenvalue weighted by Crippen LogP contribution is 2.30. The molecule has 0 saturated carbocycles. The Kier molecular flexibility index (Phi) is 5.90. The summed E-state index contributed by atoms with van der Waals surface area (Å²) in [6, 6.07) is 8.97. The molecule has 2 aromatic rings. The molecule has 3 rings (SSSR count). The number of benzene rings is 2. The minimum absolute atomic E-state index is 0.189. The van der Waals surface area contributed by atoms with Crippen molar-refractivity contribution >= 4 is 16.3 Å². The molecule has 150 valence electrons. The predicted molar refractivity (Wildman–Crippen MR) is 98.4 cm³/mol. The summed E-state index contributed by atoms with van der Waals surface area (Å²) in [7, 11) is -3.91. The molecule has 0 spiro atoms. The van der Waals surface area contributed by atoms with Crippen molar-refractivity contribution in [2.75, 3.05) is 0 Å². The third-order valence-corrected chi connectivity index (χ3v) is 6.46. The van der Waals surface area contributed by atoms with Crippen LogP contribution < -0.4 is 4.72 Å². The molecule has 1 unspecified atom stereocenters. The van der Waals surface area contributed by atoms with Crippen LogP contribution in [0.25, 0.3) is 0 Å². The van der Waals surface area contributed by atoms with Gasteiger partial charge in [0.05, 0.1) is 10.5 Å². The first-order chi connectivity index (χ1) is 13.2. The fraction of sp³-hybridized carbons (Fsp3) is 0.350. The van der Waals surface area contributed by atoms with Crippen molar-refractivity contribution in [2.24, 2.45) is 0 Å². The van der Waals surface area contributed by atoms with Crippen LogP contribution in [0, 0.1) is 0 Å². The van der Waals surface area contributed by atoms with Gasteiger partial charge in [-0.3, -0.25) is 0 Å². The molecule has 0 aromatic heterocycles. The second-order valence-electron chi connectivity index (χ2n) is 6.84. The summed E-state index contributed by atoms with van der Waals surface area (Å²) in [5, 5.41) is 0. The predicted octanol–water partition coefficient (Wildman–Crippen LogP) is 3.67. The van der Waals surface area contributed by atoms with Gasteiger partial charge in [-0.1, -0.05) is 18.2 Å². The van der Waals surface area contributed by atoms with E-state index in [-0.39, 0.29) is 10.9 Å². The Labute approximate surface area is 161 Å². The average molecular weight is 411 g/mol. The summed E-state index contributed by atoms with van der Waals surface area (Å²) in [6.07, 6.45) is -0.748. The van der Waals surface area contributed by atoms with E-state index in [1.54, 1.807) is 0 Å². The molecule has 4 nitrogen and oxygen atoms in total. The fourth-order valence-corrected chi connectivity index (χ4v) is 4.82. The Bertz CT molecular complexity index is 954. The first kappa shape index (κ1) is 20.5. The van der Waals surface area contributed by atoms with Crippen LogP contribution in [-0.2, 0) is 40.3 Å². The molecule has 0 heterocycles. The first-order valence-corrected chi connectivity index (χ1v) is 10.4. The largest absolute Gasteiger partial charge is 0.416 e. The average Bonchev–Trinajstić information content (AvgIpc) is 2.65. The number of aldehydes is 1. The van der Waals surface area contributed by atoms with Gasteiger partial charge >= 0.3 is 6.18 Å². The van der Waals surface area contributed by atoms with E-state index in [9.17, 15) is 26.4 Å².